The average molecular weight is 324 g/mol. The van der Waals surface area contributed by atoms with Crippen molar-refractivity contribution in [3.63, 3.8) is 0 Å². The average Bonchev–Trinajstić information content (AvgIpc) is 3.22. The Morgan fingerprint density at radius 3 is 2.92 bits per heavy atom. The van der Waals surface area contributed by atoms with E-state index in [1.807, 2.05) is 6.07 Å². The summed E-state index contributed by atoms with van der Waals surface area (Å²) in [7, 11) is 0. The van der Waals surface area contributed by atoms with Gasteiger partial charge in [-0.1, -0.05) is 17.3 Å². The molecule has 1 saturated heterocycles. The summed E-state index contributed by atoms with van der Waals surface area (Å²) in [4.78, 5) is 22.3. The minimum Gasteiger partial charge on any atom is -0.332 e. The lowest BCUT2D eigenvalue weighted by Gasteiger charge is -2.15. The van der Waals surface area contributed by atoms with Gasteiger partial charge in [0.25, 0.3) is 5.89 Å². The van der Waals surface area contributed by atoms with Crippen LogP contribution in [0.3, 0.4) is 0 Å². The zero-order chi connectivity index (χ0) is 16.5. The number of benzene rings is 1. The van der Waals surface area contributed by atoms with Crippen LogP contribution in [0.4, 0.5) is 10.1 Å². The molecule has 3 aromatic rings. The van der Waals surface area contributed by atoms with Gasteiger partial charge >= 0.3 is 0 Å². The second kappa shape index (κ2) is 5.84. The lowest BCUT2D eigenvalue weighted by atomic mass is 10.1. The van der Waals surface area contributed by atoms with Crippen molar-refractivity contribution in [1.29, 1.82) is 0 Å². The van der Waals surface area contributed by atoms with Gasteiger partial charge in [0, 0.05) is 30.8 Å². The van der Waals surface area contributed by atoms with E-state index in [-0.39, 0.29) is 24.1 Å². The fourth-order valence-corrected chi connectivity index (χ4v) is 2.77. The van der Waals surface area contributed by atoms with Gasteiger partial charge in [-0.05, 0) is 30.3 Å². The second-order valence-electron chi connectivity index (χ2n) is 5.56. The zero-order valence-corrected chi connectivity index (χ0v) is 12.6. The molecule has 6 nitrogen and oxygen atoms in total. The number of anilines is 1. The zero-order valence-electron chi connectivity index (χ0n) is 12.6. The van der Waals surface area contributed by atoms with Gasteiger partial charge in [-0.25, -0.2) is 4.39 Å². The van der Waals surface area contributed by atoms with Gasteiger partial charge in [-0.3, -0.25) is 9.78 Å². The molecule has 1 fully saturated rings. The van der Waals surface area contributed by atoms with E-state index in [4.69, 9.17) is 4.52 Å². The summed E-state index contributed by atoms with van der Waals surface area (Å²) in [6, 6.07) is 11.4. The van der Waals surface area contributed by atoms with Crippen LogP contribution in [-0.2, 0) is 4.79 Å². The molecule has 0 saturated carbocycles. The number of rotatable bonds is 3. The van der Waals surface area contributed by atoms with E-state index in [1.54, 1.807) is 35.4 Å². The Hall–Kier alpha value is -3.09. The molecule has 0 radical (unpaired) electrons. The van der Waals surface area contributed by atoms with Crippen LogP contribution in [0.5, 0.6) is 0 Å². The highest BCUT2D eigenvalue weighted by Crippen LogP contribution is 2.31. The molecule has 1 unspecified atom stereocenters. The highest BCUT2D eigenvalue weighted by atomic mass is 19.1. The standard InChI is InChI=1S/C17H13FN4O2/c18-12-4-3-5-13(9-12)22-10-11(8-15(22)23)16-20-17(24-21-16)14-6-1-2-7-19-14/h1-7,9,11H,8,10H2. The summed E-state index contributed by atoms with van der Waals surface area (Å²) in [6.45, 7) is 0.392. The van der Waals surface area contributed by atoms with Crippen molar-refractivity contribution >= 4 is 11.6 Å². The van der Waals surface area contributed by atoms with Gasteiger partial charge in [0.15, 0.2) is 5.82 Å². The van der Waals surface area contributed by atoms with Crippen LogP contribution in [0.2, 0.25) is 0 Å². The number of hydrogen-bond acceptors (Lipinski definition) is 5. The number of halogens is 1. The number of aromatic nitrogens is 3. The van der Waals surface area contributed by atoms with Crippen molar-refractivity contribution in [3.8, 4) is 11.6 Å². The fourth-order valence-electron chi connectivity index (χ4n) is 2.77. The Morgan fingerprint density at radius 1 is 1.21 bits per heavy atom. The number of carbonyl (C=O) groups excluding carboxylic acids is 1. The van der Waals surface area contributed by atoms with Gasteiger partial charge in [0.2, 0.25) is 5.91 Å². The summed E-state index contributed by atoms with van der Waals surface area (Å²) >= 11 is 0. The Labute approximate surface area is 136 Å². The number of pyridine rings is 1. The topological polar surface area (TPSA) is 72.1 Å². The molecule has 1 aromatic carbocycles. The van der Waals surface area contributed by atoms with Crippen LogP contribution in [0.15, 0.2) is 53.2 Å². The Morgan fingerprint density at radius 2 is 2.12 bits per heavy atom. The monoisotopic (exact) mass is 324 g/mol. The number of nitrogens with zero attached hydrogens (tertiary/aromatic N) is 4. The first-order valence-corrected chi connectivity index (χ1v) is 7.51. The smallest absolute Gasteiger partial charge is 0.276 e. The highest BCUT2D eigenvalue weighted by Gasteiger charge is 2.34. The van der Waals surface area contributed by atoms with Gasteiger partial charge in [-0.2, -0.15) is 4.98 Å². The Balaban J connectivity index is 1.56. The van der Waals surface area contributed by atoms with Crippen molar-refractivity contribution in [2.45, 2.75) is 12.3 Å². The normalized spacial score (nSPS) is 17.5. The molecule has 0 N–H and O–H groups in total. The van der Waals surface area contributed by atoms with Crippen molar-refractivity contribution in [2.75, 3.05) is 11.4 Å². The Bertz CT molecular complexity index is 881. The van der Waals surface area contributed by atoms with E-state index in [0.717, 1.165) is 0 Å². The largest absolute Gasteiger partial charge is 0.332 e. The lowest BCUT2D eigenvalue weighted by Crippen LogP contribution is -2.24. The molecule has 0 bridgehead atoms. The molecule has 3 heterocycles. The SMILES string of the molecule is O=C1CC(c2noc(-c3ccccn3)n2)CN1c1cccc(F)c1. The van der Waals surface area contributed by atoms with Gasteiger partial charge in [0.05, 0.1) is 0 Å². The maximum Gasteiger partial charge on any atom is 0.276 e. The van der Waals surface area contributed by atoms with Crippen molar-refractivity contribution < 1.29 is 13.7 Å². The summed E-state index contributed by atoms with van der Waals surface area (Å²) in [5.41, 5.74) is 1.12. The molecule has 0 aliphatic carbocycles. The molecule has 0 spiro atoms. The summed E-state index contributed by atoms with van der Waals surface area (Å²) in [5.74, 6) is 0.127. The molecule has 1 aliphatic heterocycles. The van der Waals surface area contributed by atoms with Crippen LogP contribution in [0, 0.1) is 5.82 Å². The number of carbonyl (C=O) groups is 1. The fraction of sp³-hybridized carbons (Fsp3) is 0.176. The molecule has 1 aliphatic rings. The van der Waals surface area contributed by atoms with Crippen molar-refractivity contribution in [3.05, 3.63) is 60.3 Å². The first-order chi connectivity index (χ1) is 11.7. The molecular weight excluding hydrogens is 311 g/mol. The maximum absolute atomic E-state index is 13.4. The van der Waals surface area contributed by atoms with E-state index >= 15 is 0 Å². The summed E-state index contributed by atoms with van der Waals surface area (Å²) in [5, 5.41) is 3.98. The number of hydrogen-bond donors (Lipinski definition) is 0. The minimum atomic E-state index is -0.374. The van der Waals surface area contributed by atoms with E-state index < -0.39 is 0 Å². The molecular formula is C17H13FN4O2. The molecule has 4 rings (SSSR count). The number of amides is 1. The van der Waals surface area contributed by atoms with Gasteiger partial charge < -0.3 is 9.42 Å². The van der Waals surface area contributed by atoms with Gasteiger partial charge in [0.1, 0.15) is 11.5 Å². The van der Waals surface area contributed by atoms with E-state index in [0.29, 0.717) is 29.6 Å². The van der Waals surface area contributed by atoms with E-state index in [9.17, 15) is 9.18 Å². The molecule has 7 heteroatoms. The summed E-state index contributed by atoms with van der Waals surface area (Å²) < 4.78 is 18.6. The van der Waals surface area contributed by atoms with Crippen LogP contribution in [-0.4, -0.2) is 27.6 Å². The van der Waals surface area contributed by atoms with Crippen LogP contribution in [0.1, 0.15) is 18.2 Å². The third-order valence-electron chi connectivity index (χ3n) is 3.94. The first-order valence-electron chi connectivity index (χ1n) is 7.51. The Kier molecular flexibility index (Phi) is 3.53. The minimum absolute atomic E-state index is 0.0882. The predicted octanol–water partition coefficient (Wildman–Crippen LogP) is 2.79. The highest BCUT2D eigenvalue weighted by molar-refractivity contribution is 5.96. The predicted molar refractivity (Wildman–Crippen MR) is 83.6 cm³/mol. The van der Waals surface area contributed by atoms with Crippen LogP contribution in [0.25, 0.3) is 11.6 Å². The third-order valence-corrected chi connectivity index (χ3v) is 3.94. The quantitative estimate of drug-likeness (QED) is 0.741. The maximum atomic E-state index is 13.4. The van der Waals surface area contributed by atoms with Gasteiger partial charge in [-0.15, -0.1) is 0 Å². The first kappa shape index (κ1) is 14.5. The second-order valence-corrected chi connectivity index (χ2v) is 5.56. The van der Waals surface area contributed by atoms with Crippen LogP contribution >= 0.6 is 0 Å². The van der Waals surface area contributed by atoms with Crippen molar-refractivity contribution in [1.82, 2.24) is 15.1 Å². The van der Waals surface area contributed by atoms with Crippen LogP contribution < -0.4 is 4.90 Å². The van der Waals surface area contributed by atoms with Crippen molar-refractivity contribution in [2.24, 2.45) is 0 Å². The molecule has 120 valence electrons. The molecule has 24 heavy (non-hydrogen) atoms. The third kappa shape index (κ3) is 2.64. The molecule has 1 amide bonds. The van der Waals surface area contributed by atoms with E-state index in [1.165, 1.54) is 12.1 Å². The lowest BCUT2D eigenvalue weighted by molar-refractivity contribution is -0.117. The summed E-state index contributed by atoms with van der Waals surface area (Å²) in [6.07, 6.45) is 1.90. The molecule has 1 atom stereocenters. The van der Waals surface area contributed by atoms with E-state index in [2.05, 4.69) is 15.1 Å². The molecule has 2 aromatic heterocycles.